The van der Waals surface area contributed by atoms with Gasteiger partial charge in [0.05, 0.1) is 0 Å². The van der Waals surface area contributed by atoms with E-state index in [0.29, 0.717) is 6.07 Å². The van der Waals surface area contributed by atoms with Gasteiger partial charge in [0.2, 0.25) is 11.9 Å². The second-order valence-corrected chi connectivity index (χ2v) is 3.70. The third kappa shape index (κ3) is 1.89. The third-order valence-corrected chi connectivity index (χ3v) is 2.48. The number of halogens is 3. The van der Waals surface area contributed by atoms with Gasteiger partial charge in [-0.3, -0.25) is 19.5 Å². The number of hydrogen-bond donors (Lipinski definition) is 1. The average Bonchev–Trinajstić information content (AvgIpc) is 2.55. The molecule has 1 atom stereocenters. The summed E-state index contributed by atoms with van der Waals surface area (Å²) < 4.78 is 38.2. The number of carbonyl (C=O) groups excluding carboxylic acids is 1. The summed E-state index contributed by atoms with van der Waals surface area (Å²) in [5, 5.41) is 2.15. The van der Waals surface area contributed by atoms with E-state index in [1.165, 1.54) is 6.08 Å². The molecule has 0 radical (unpaired) electrons. The Kier molecular flexibility index (Phi) is 2.72. The molecule has 18 heavy (non-hydrogen) atoms. The van der Waals surface area contributed by atoms with Gasteiger partial charge in [0, 0.05) is 6.07 Å². The Hall–Kier alpha value is -2.12. The van der Waals surface area contributed by atoms with Crippen molar-refractivity contribution in [3.05, 3.63) is 34.8 Å². The molecule has 1 N–H and O–H groups in total. The highest BCUT2D eigenvalue weighted by Crippen LogP contribution is 2.30. The summed E-state index contributed by atoms with van der Waals surface area (Å²) in [6, 6.07) is -0.514. The molecular weight excluding hydrogens is 251 g/mol. The molecule has 1 unspecified atom stereocenters. The SMILES string of the molecule is C=CCC1C(=O)Nc2nc(C(F)(F)F)cc(=O)n21. The van der Waals surface area contributed by atoms with Gasteiger partial charge in [0.15, 0.2) is 5.69 Å². The second kappa shape index (κ2) is 3.97. The fraction of sp³-hybridized carbons (Fsp3) is 0.300. The maximum atomic E-state index is 12.4. The first-order chi connectivity index (χ1) is 8.34. The van der Waals surface area contributed by atoms with Crippen molar-refractivity contribution in [1.82, 2.24) is 9.55 Å². The molecule has 0 spiro atoms. The Morgan fingerprint density at radius 2 is 2.17 bits per heavy atom. The molecule has 2 rings (SSSR count). The summed E-state index contributed by atoms with van der Waals surface area (Å²) >= 11 is 0. The second-order valence-electron chi connectivity index (χ2n) is 3.70. The van der Waals surface area contributed by atoms with E-state index in [1.54, 1.807) is 0 Å². The van der Waals surface area contributed by atoms with E-state index in [2.05, 4.69) is 16.9 Å². The van der Waals surface area contributed by atoms with Crippen LogP contribution in [0.1, 0.15) is 18.2 Å². The highest BCUT2D eigenvalue weighted by Gasteiger charge is 2.38. The number of nitrogens with zero attached hydrogens (tertiary/aromatic N) is 2. The van der Waals surface area contributed by atoms with Crippen LogP contribution in [-0.2, 0) is 11.0 Å². The van der Waals surface area contributed by atoms with E-state index >= 15 is 0 Å². The fourth-order valence-electron chi connectivity index (χ4n) is 1.71. The van der Waals surface area contributed by atoms with Gasteiger partial charge in [-0.1, -0.05) is 6.08 Å². The van der Waals surface area contributed by atoms with Crippen LogP contribution in [0.15, 0.2) is 23.5 Å². The van der Waals surface area contributed by atoms with E-state index in [-0.39, 0.29) is 12.4 Å². The summed E-state index contributed by atoms with van der Waals surface area (Å²) in [4.78, 5) is 26.3. The number of fused-ring (bicyclic) bond motifs is 1. The molecule has 1 aliphatic rings. The molecule has 1 amide bonds. The van der Waals surface area contributed by atoms with Crippen LogP contribution in [0.5, 0.6) is 0 Å². The number of rotatable bonds is 2. The molecule has 0 saturated carbocycles. The molecule has 1 aliphatic heterocycles. The molecule has 1 aromatic rings. The van der Waals surface area contributed by atoms with Crippen molar-refractivity contribution in [2.45, 2.75) is 18.6 Å². The molecule has 1 aromatic heterocycles. The maximum absolute atomic E-state index is 12.4. The highest BCUT2D eigenvalue weighted by atomic mass is 19.4. The number of allylic oxidation sites excluding steroid dienone is 1. The van der Waals surface area contributed by atoms with Crippen molar-refractivity contribution in [1.29, 1.82) is 0 Å². The van der Waals surface area contributed by atoms with Crippen molar-refractivity contribution in [3.63, 3.8) is 0 Å². The zero-order valence-corrected chi connectivity index (χ0v) is 8.99. The maximum Gasteiger partial charge on any atom is 0.433 e. The van der Waals surface area contributed by atoms with E-state index in [1.807, 2.05) is 0 Å². The lowest BCUT2D eigenvalue weighted by Crippen LogP contribution is -2.26. The standard InChI is InChI=1S/C10H8F3N3O2/c1-2-3-5-8(18)15-9-14-6(10(11,12)13)4-7(17)16(5)9/h2,4-5H,1,3H2,(H,14,15,18). The van der Waals surface area contributed by atoms with Gasteiger partial charge in [-0.05, 0) is 6.42 Å². The molecular formula is C10H8F3N3O2. The number of nitrogens with one attached hydrogen (secondary N) is 1. The largest absolute Gasteiger partial charge is 0.433 e. The van der Waals surface area contributed by atoms with Crippen molar-refractivity contribution in [2.75, 3.05) is 5.32 Å². The molecule has 2 heterocycles. The fourth-order valence-corrected chi connectivity index (χ4v) is 1.71. The minimum atomic E-state index is -4.73. The summed E-state index contributed by atoms with van der Waals surface area (Å²) in [6.45, 7) is 3.42. The van der Waals surface area contributed by atoms with Gasteiger partial charge in [-0.15, -0.1) is 6.58 Å². The monoisotopic (exact) mass is 259 g/mol. The van der Waals surface area contributed by atoms with Crippen LogP contribution < -0.4 is 10.9 Å². The van der Waals surface area contributed by atoms with Crippen LogP contribution in [0.4, 0.5) is 19.1 Å². The quantitative estimate of drug-likeness (QED) is 0.815. The van der Waals surface area contributed by atoms with Crippen molar-refractivity contribution in [3.8, 4) is 0 Å². The normalized spacial score (nSPS) is 18.4. The number of carbonyl (C=O) groups is 1. The Bertz CT molecular complexity index is 577. The number of anilines is 1. The first-order valence-corrected chi connectivity index (χ1v) is 4.97. The van der Waals surface area contributed by atoms with Crippen molar-refractivity contribution >= 4 is 11.9 Å². The summed E-state index contributed by atoms with van der Waals surface area (Å²) in [6.07, 6.45) is -3.18. The molecule has 0 aliphatic carbocycles. The molecule has 8 heteroatoms. The van der Waals surface area contributed by atoms with Gasteiger partial charge in [-0.25, -0.2) is 4.98 Å². The van der Waals surface area contributed by atoms with Crippen LogP contribution in [0.25, 0.3) is 0 Å². The lowest BCUT2D eigenvalue weighted by molar-refractivity contribution is -0.141. The summed E-state index contributed by atoms with van der Waals surface area (Å²) in [5.41, 5.74) is -2.24. The van der Waals surface area contributed by atoms with Gasteiger partial charge in [0.25, 0.3) is 5.56 Å². The minimum absolute atomic E-state index is 0.145. The highest BCUT2D eigenvalue weighted by molar-refractivity contribution is 5.96. The topological polar surface area (TPSA) is 64.0 Å². The molecule has 0 fully saturated rings. The predicted molar refractivity (Wildman–Crippen MR) is 56.0 cm³/mol. The van der Waals surface area contributed by atoms with E-state index < -0.39 is 29.4 Å². The van der Waals surface area contributed by atoms with E-state index in [9.17, 15) is 22.8 Å². The summed E-state index contributed by atoms with van der Waals surface area (Å²) in [7, 11) is 0. The predicted octanol–water partition coefficient (Wildman–Crippen LogP) is 1.33. The van der Waals surface area contributed by atoms with E-state index in [0.717, 1.165) is 4.57 Å². The molecule has 0 aromatic carbocycles. The number of amides is 1. The van der Waals surface area contributed by atoms with E-state index in [4.69, 9.17) is 0 Å². The number of hydrogen-bond acceptors (Lipinski definition) is 3. The van der Waals surface area contributed by atoms with Crippen LogP contribution in [-0.4, -0.2) is 15.5 Å². The van der Waals surface area contributed by atoms with Crippen molar-refractivity contribution < 1.29 is 18.0 Å². The molecule has 96 valence electrons. The molecule has 0 bridgehead atoms. The van der Waals surface area contributed by atoms with Crippen LogP contribution in [0, 0.1) is 0 Å². The Morgan fingerprint density at radius 3 is 2.72 bits per heavy atom. The average molecular weight is 259 g/mol. The lowest BCUT2D eigenvalue weighted by Gasteiger charge is -2.10. The lowest BCUT2D eigenvalue weighted by atomic mass is 10.2. The van der Waals surface area contributed by atoms with Crippen molar-refractivity contribution in [2.24, 2.45) is 0 Å². The van der Waals surface area contributed by atoms with Gasteiger partial charge < -0.3 is 0 Å². The third-order valence-electron chi connectivity index (χ3n) is 2.48. The first-order valence-electron chi connectivity index (χ1n) is 4.97. The minimum Gasteiger partial charge on any atom is -0.294 e. The zero-order valence-electron chi connectivity index (χ0n) is 8.99. The van der Waals surface area contributed by atoms with Crippen LogP contribution in [0.3, 0.4) is 0 Å². The van der Waals surface area contributed by atoms with Crippen LogP contribution >= 0.6 is 0 Å². The molecule has 0 saturated heterocycles. The van der Waals surface area contributed by atoms with Gasteiger partial charge in [-0.2, -0.15) is 13.2 Å². The smallest absolute Gasteiger partial charge is 0.294 e. The van der Waals surface area contributed by atoms with Gasteiger partial charge in [0.1, 0.15) is 6.04 Å². The Morgan fingerprint density at radius 1 is 1.50 bits per heavy atom. The Labute approximate surface area is 98.9 Å². The van der Waals surface area contributed by atoms with Crippen LogP contribution in [0.2, 0.25) is 0 Å². The molecule has 5 nitrogen and oxygen atoms in total. The zero-order chi connectivity index (χ0) is 13.5. The number of alkyl halides is 3. The number of aromatic nitrogens is 2. The van der Waals surface area contributed by atoms with Gasteiger partial charge >= 0.3 is 6.18 Å². The Balaban J connectivity index is 2.57. The first kappa shape index (κ1) is 12.3. The summed E-state index contributed by atoms with van der Waals surface area (Å²) in [5.74, 6) is -0.953.